The zero-order chi connectivity index (χ0) is 20.7. The van der Waals surface area contributed by atoms with Crippen LogP contribution in [0.15, 0.2) is 46.4 Å². The Kier molecular flexibility index (Phi) is 7.44. The van der Waals surface area contributed by atoms with Crippen LogP contribution < -0.4 is 14.8 Å². The molecule has 2 N–H and O–H groups in total. The predicted molar refractivity (Wildman–Crippen MR) is 107 cm³/mol. The zero-order valence-corrected chi connectivity index (χ0v) is 16.9. The molecule has 28 heavy (non-hydrogen) atoms. The van der Waals surface area contributed by atoms with Crippen molar-refractivity contribution < 1.29 is 24.2 Å². The maximum atomic E-state index is 12.4. The lowest BCUT2D eigenvalue weighted by molar-refractivity contribution is -0.139. The number of aliphatic carboxylic acids is 1. The molecule has 1 amide bonds. The van der Waals surface area contributed by atoms with E-state index in [-0.39, 0.29) is 17.1 Å². The fourth-order valence-electron chi connectivity index (χ4n) is 2.16. The van der Waals surface area contributed by atoms with Gasteiger partial charge in [-0.15, -0.1) is 0 Å². The number of para-hydroxylation sites is 1. The summed E-state index contributed by atoms with van der Waals surface area (Å²) in [6.07, 6.45) is 1.36. The molecule has 9 heteroatoms. The van der Waals surface area contributed by atoms with E-state index in [0.29, 0.717) is 20.7 Å². The molecule has 144 valence electrons. The lowest BCUT2D eigenvalue weighted by Crippen LogP contribution is -2.13. The summed E-state index contributed by atoms with van der Waals surface area (Å²) < 4.78 is 10.8. The second-order valence-corrected chi connectivity index (χ2v) is 6.58. The molecule has 0 aliphatic heterocycles. The molecule has 0 bridgehead atoms. The van der Waals surface area contributed by atoms with Crippen LogP contribution in [0.1, 0.15) is 5.56 Å². The minimum atomic E-state index is -1.14. The number of nitrogens with one attached hydrogen (secondary N) is 1. The van der Waals surface area contributed by atoms with Crippen molar-refractivity contribution in [3.05, 3.63) is 57.0 Å². The van der Waals surface area contributed by atoms with Gasteiger partial charge >= 0.3 is 5.97 Å². The van der Waals surface area contributed by atoms with Crippen molar-refractivity contribution in [2.75, 3.05) is 19.0 Å². The molecule has 0 atom stereocenters. The first-order chi connectivity index (χ1) is 13.3. The van der Waals surface area contributed by atoms with Gasteiger partial charge in [0.2, 0.25) is 0 Å². The number of carbonyl (C=O) groups excluding carboxylic acids is 1. The first kappa shape index (κ1) is 21.3. The highest BCUT2D eigenvalue weighted by Crippen LogP contribution is 2.37. The number of nitriles is 1. The molecule has 2 aromatic rings. The molecule has 0 spiro atoms. The first-order valence-corrected chi connectivity index (χ1v) is 8.92. The Labute approximate surface area is 174 Å². The van der Waals surface area contributed by atoms with Gasteiger partial charge in [0.1, 0.15) is 11.6 Å². The van der Waals surface area contributed by atoms with Crippen molar-refractivity contribution in [2.45, 2.75) is 0 Å². The summed E-state index contributed by atoms with van der Waals surface area (Å²) >= 11 is 9.28. The largest absolute Gasteiger partial charge is 0.493 e. The maximum Gasteiger partial charge on any atom is 0.341 e. The minimum absolute atomic E-state index is 0.159. The summed E-state index contributed by atoms with van der Waals surface area (Å²) in [5.74, 6) is -1.33. The van der Waals surface area contributed by atoms with Gasteiger partial charge in [0.25, 0.3) is 5.91 Å². The van der Waals surface area contributed by atoms with Crippen molar-refractivity contribution in [2.24, 2.45) is 0 Å². The number of ether oxygens (including phenoxy) is 2. The van der Waals surface area contributed by atoms with Crippen molar-refractivity contribution in [3.63, 3.8) is 0 Å². The second-order valence-electron chi connectivity index (χ2n) is 5.32. The molecule has 0 aromatic heterocycles. The van der Waals surface area contributed by atoms with Crippen LogP contribution in [0.3, 0.4) is 0 Å². The molecular weight excluding hydrogens is 452 g/mol. The summed E-state index contributed by atoms with van der Waals surface area (Å²) in [4.78, 5) is 23.1. The summed E-state index contributed by atoms with van der Waals surface area (Å²) in [6.45, 7) is -0.548. The van der Waals surface area contributed by atoms with Gasteiger partial charge in [-0.25, -0.2) is 4.79 Å². The van der Waals surface area contributed by atoms with Crippen LogP contribution in [-0.4, -0.2) is 30.7 Å². The van der Waals surface area contributed by atoms with E-state index in [9.17, 15) is 14.9 Å². The fourth-order valence-corrected chi connectivity index (χ4v) is 2.92. The highest BCUT2D eigenvalue weighted by molar-refractivity contribution is 9.10. The third-order valence-corrected chi connectivity index (χ3v) is 4.31. The Morgan fingerprint density at radius 1 is 1.36 bits per heavy atom. The third kappa shape index (κ3) is 5.49. The van der Waals surface area contributed by atoms with Crippen LogP contribution in [0.5, 0.6) is 11.5 Å². The van der Waals surface area contributed by atoms with Crippen LogP contribution in [0.2, 0.25) is 5.02 Å². The van der Waals surface area contributed by atoms with E-state index in [2.05, 4.69) is 21.2 Å². The average molecular weight is 466 g/mol. The van der Waals surface area contributed by atoms with Crippen LogP contribution in [-0.2, 0) is 9.59 Å². The standard InChI is InChI=1S/C19H14BrClN2O5/c1-27-16-8-11(7-13(20)18(16)28-10-17(24)25)6-12(9-22)19(26)23-15-5-3-2-4-14(15)21/h2-8H,10H2,1H3,(H,23,26)(H,24,25)/b12-6+. The van der Waals surface area contributed by atoms with Gasteiger partial charge in [-0.1, -0.05) is 23.7 Å². The average Bonchev–Trinajstić information content (AvgIpc) is 2.66. The van der Waals surface area contributed by atoms with E-state index < -0.39 is 18.5 Å². The van der Waals surface area contributed by atoms with Gasteiger partial charge in [0.15, 0.2) is 18.1 Å². The molecule has 2 aromatic carbocycles. The number of amides is 1. The number of carboxylic acids is 1. The Morgan fingerprint density at radius 2 is 2.07 bits per heavy atom. The van der Waals surface area contributed by atoms with Crippen LogP contribution >= 0.6 is 27.5 Å². The Morgan fingerprint density at radius 3 is 2.68 bits per heavy atom. The van der Waals surface area contributed by atoms with E-state index in [1.54, 1.807) is 30.3 Å². The normalized spacial score (nSPS) is 10.7. The summed E-state index contributed by atoms with van der Waals surface area (Å²) in [5, 5.41) is 21.0. The van der Waals surface area contributed by atoms with Crippen molar-refractivity contribution in [3.8, 4) is 17.6 Å². The number of anilines is 1. The number of rotatable bonds is 7. The fraction of sp³-hybridized carbons (Fsp3) is 0.105. The molecule has 0 fully saturated rings. The molecule has 2 rings (SSSR count). The smallest absolute Gasteiger partial charge is 0.341 e. The Bertz CT molecular complexity index is 985. The van der Waals surface area contributed by atoms with Gasteiger partial charge in [0, 0.05) is 0 Å². The predicted octanol–water partition coefficient (Wildman–Crippen LogP) is 4.12. The number of halogens is 2. The van der Waals surface area contributed by atoms with Gasteiger partial charge in [-0.2, -0.15) is 5.26 Å². The topological polar surface area (TPSA) is 109 Å². The molecular formula is C19H14BrClN2O5. The second kappa shape index (κ2) is 9.78. The number of carbonyl (C=O) groups is 2. The van der Waals surface area contributed by atoms with Crippen molar-refractivity contribution >= 4 is 51.2 Å². The number of methoxy groups -OCH3 is 1. The van der Waals surface area contributed by atoms with Crippen LogP contribution in [0.25, 0.3) is 6.08 Å². The SMILES string of the molecule is COc1cc(/C=C(\C#N)C(=O)Nc2ccccc2Cl)cc(Br)c1OCC(=O)O. The molecule has 0 unspecified atom stereocenters. The van der Waals surface area contributed by atoms with Crippen molar-refractivity contribution in [1.29, 1.82) is 5.26 Å². The van der Waals surface area contributed by atoms with Gasteiger partial charge in [-0.3, -0.25) is 4.79 Å². The number of nitrogens with zero attached hydrogens (tertiary/aromatic N) is 1. The molecule has 0 saturated heterocycles. The molecule has 0 saturated carbocycles. The van der Waals surface area contributed by atoms with E-state index in [0.717, 1.165) is 0 Å². The molecule has 0 radical (unpaired) electrons. The monoisotopic (exact) mass is 464 g/mol. The first-order valence-electron chi connectivity index (χ1n) is 7.75. The lowest BCUT2D eigenvalue weighted by atomic mass is 10.1. The van der Waals surface area contributed by atoms with Gasteiger partial charge in [-0.05, 0) is 51.8 Å². The Hall–Kier alpha value is -3.02. The quantitative estimate of drug-likeness (QED) is 0.470. The minimum Gasteiger partial charge on any atom is -0.493 e. The van der Waals surface area contributed by atoms with Gasteiger partial charge < -0.3 is 19.9 Å². The highest BCUT2D eigenvalue weighted by atomic mass is 79.9. The zero-order valence-electron chi connectivity index (χ0n) is 14.5. The molecule has 0 aliphatic carbocycles. The highest BCUT2D eigenvalue weighted by Gasteiger charge is 2.15. The number of hydrogen-bond acceptors (Lipinski definition) is 5. The molecule has 7 nitrogen and oxygen atoms in total. The van der Waals surface area contributed by atoms with Crippen LogP contribution in [0.4, 0.5) is 5.69 Å². The van der Waals surface area contributed by atoms with E-state index in [4.69, 9.17) is 26.2 Å². The number of hydrogen-bond donors (Lipinski definition) is 2. The van der Waals surface area contributed by atoms with E-state index >= 15 is 0 Å². The van der Waals surface area contributed by atoms with E-state index in [1.807, 2.05) is 6.07 Å². The summed E-state index contributed by atoms with van der Waals surface area (Å²) in [7, 11) is 1.39. The maximum absolute atomic E-state index is 12.4. The van der Waals surface area contributed by atoms with E-state index in [1.165, 1.54) is 19.3 Å². The van der Waals surface area contributed by atoms with Crippen molar-refractivity contribution in [1.82, 2.24) is 0 Å². The number of carboxylic acid groups (broad SMARTS) is 1. The summed E-state index contributed by atoms with van der Waals surface area (Å²) in [6, 6.07) is 11.6. The Balaban J connectivity index is 2.32. The number of benzene rings is 2. The molecule has 0 aliphatic rings. The summed E-state index contributed by atoms with van der Waals surface area (Å²) in [5.41, 5.74) is 0.692. The third-order valence-electron chi connectivity index (χ3n) is 3.39. The lowest BCUT2D eigenvalue weighted by Gasteiger charge is -2.12. The van der Waals surface area contributed by atoms with Crippen LogP contribution in [0, 0.1) is 11.3 Å². The van der Waals surface area contributed by atoms with Gasteiger partial charge in [0.05, 0.1) is 22.3 Å². The molecule has 0 heterocycles.